The Morgan fingerprint density at radius 1 is 1.03 bits per heavy atom. The van der Waals surface area contributed by atoms with Crippen LogP contribution in [-0.4, -0.2) is 65.7 Å². The molecule has 1 aromatic heterocycles. The van der Waals surface area contributed by atoms with Gasteiger partial charge in [0.2, 0.25) is 0 Å². The molecule has 1 aliphatic rings. The van der Waals surface area contributed by atoms with Gasteiger partial charge in [-0.3, -0.25) is 9.63 Å². The fraction of sp³-hybridized carbons (Fsp3) is 0.370. The molecule has 4 rings (SSSR count). The quantitative estimate of drug-likeness (QED) is 0.348. The van der Waals surface area contributed by atoms with Gasteiger partial charge < -0.3 is 28.3 Å². The number of carbonyl (C=O) groups excluding carboxylic acids is 1. The molecule has 1 atom stereocenters. The molecular weight excluding hydrogens is 500 g/mol. The Balaban J connectivity index is 1.48. The van der Waals surface area contributed by atoms with Crippen LogP contribution in [0.1, 0.15) is 17.2 Å². The second-order valence-electron chi connectivity index (χ2n) is 8.38. The molecule has 2 heterocycles. The van der Waals surface area contributed by atoms with Gasteiger partial charge in [-0.15, -0.1) is 0 Å². The fourth-order valence-electron chi connectivity index (χ4n) is 4.21. The second-order valence-corrected chi connectivity index (χ2v) is 8.76. The highest BCUT2D eigenvalue weighted by Crippen LogP contribution is 2.39. The third kappa shape index (κ3) is 6.02. The van der Waals surface area contributed by atoms with Crippen LogP contribution in [-0.2, 0) is 25.7 Å². The van der Waals surface area contributed by atoms with Gasteiger partial charge in [-0.2, -0.15) is 0 Å². The highest BCUT2D eigenvalue weighted by Gasteiger charge is 2.27. The summed E-state index contributed by atoms with van der Waals surface area (Å²) in [5, 5.41) is 1.63. The Labute approximate surface area is 221 Å². The van der Waals surface area contributed by atoms with Gasteiger partial charge in [-0.25, -0.2) is 5.06 Å². The van der Waals surface area contributed by atoms with Gasteiger partial charge in [0, 0.05) is 37.0 Å². The van der Waals surface area contributed by atoms with Crippen molar-refractivity contribution in [3.8, 4) is 22.8 Å². The molecule has 0 spiro atoms. The molecule has 9 nitrogen and oxygen atoms in total. The molecule has 198 valence electrons. The van der Waals surface area contributed by atoms with Crippen molar-refractivity contribution in [1.82, 2.24) is 5.06 Å². The molecule has 10 heteroatoms. The summed E-state index contributed by atoms with van der Waals surface area (Å²) in [6, 6.07) is 13.1. The first-order valence-corrected chi connectivity index (χ1v) is 12.2. The Hall–Kier alpha value is -3.24. The number of hydrogen-bond acceptors (Lipinski definition) is 8. The smallest absolute Gasteiger partial charge is 0.280 e. The first kappa shape index (κ1) is 26.8. The molecule has 0 saturated carbocycles. The van der Waals surface area contributed by atoms with E-state index >= 15 is 0 Å². The summed E-state index contributed by atoms with van der Waals surface area (Å²) in [5.41, 5.74) is 3.27. The van der Waals surface area contributed by atoms with Crippen molar-refractivity contribution in [2.45, 2.75) is 12.6 Å². The molecule has 3 aromatic rings. The number of rotatable bonds is 10. The highest BCUT2D eigenvalue weighted by molar-refractivity contribution is 6.33. The van der Waals surface area contributed by atoms with Crippen molar-refractivity contribution < 1.29 is 33.0 Å². The van der Waals surface area contributed by atoms with Crippen molar-refractivity contribution in [2.24, 2.45) is 0 Å². The van der Waals surface area contributed by atoms with Gasteiger partial charge in [0.25, 0.3) is 5.91 Å². The van der Waals surface area contributed by atoms with Crippen LogP contribution in [0.15, 0.2) is 53.1 Å². The predicted octanol–water partition coefficient (Wildman–Crippen LogP) is 4.73. The first-order chi connectivity index (χ1) is 18.0. The number of ether oxygens (including phenoxy) is 4. The Bertz CT molecular complexity index is 1170. The number of anilines is 1. The molecule has 0 radical (unpaired) electrons. The van der Waals surface area contributed by atoms with Crippen molar-refractivity contribution in [1.29, 1.82) is 0 Å². The lowest BCUT2D eigenvalue weighted by molar-refractivity contribution is -0.190. The van der Waals surface area contributed by atoms with Crippen LogP contribution in [0.25, 0.3) is 11.3 Å². The summed E-state index contributed by atoms with van der Waals surface area (Å²) < 4.78 is 27.4. The maximum absolute atomic E-state index is 13.3. The number of morpholine rings is 1. The molecule has 1 fully saturated rings. The van der Waals surface area contributed by atoms with E-state index in [2.05, 4.69) is 4.90 Å². The number of carbonyl (C=O) groups is 1. The molecule has 1 saturated heterocycles. The number of methoxy groups -OCH3 is 3. The largest absolute Gasteiger partial charge is 0.495 e. The van der Waals surface area contributed by atoms with Crippen molar-refractivity contribution in [2.75, 3.05) is 59.6 Å². The van der Waals surface area contributed by atoms with Crippen LogP contribution in [0.4, 0.5) is 5.69 Å². The molecule has 1 amide bonds. The van der Waals surface area contributed by atoms with Gasteiger partial charge in [0.05, 0.1) is 47.4 Å². The zero-order valence-electron chi connectivity index (χ0n) is 21.4. The molecule has 1 unspecified atom stereocenters. The van der Waals surface area contributed by atoms with Crippen LogP contribution < -0.4 is 14.4 Å². The summed E-state index contributed by atoms with van der Waals surface area (Å²) in [6.07, 6.45) is 0.746. The molecule has 1 aliphatic heterocycles. The molecule has 0 aliphatic carbocycles. The zero-order valence-corrected chi connectivity index (χ0v) is 22.1. The lowest BCUT2D eigenvalue weighted by Gasteiger charge is -2.29. The van der Waals surface area contributed by atoms with Gasteiger partial charge >= 0.3 is 0 Å². The number of halogens is 1. The Kier molecular flexibility index (Phi) is 8.94. The maximum atomic E-state index is 13.3. The van der Waals surface area contributed by atoms with E-state index < -0.39 is 6.10 Å². The molecular formula is C27H31ClN2O7. The normalized spacial score (nSPS) is 14.4. The van der Waals surface area contributed by atoms with Crippen molar-refractivity contribution in [3.05, 3.63) is 64.9 Å². The summed E-state index contributed by atoms with van der Waals surface area (Å²) in [7, 11) is 6.01. The van der Waals surface area contributed by atoms with Crippen LogP contribution >= 0.6 is 11.6 Å². The van der Waals surface area contributed by atoms with E-state index in [4.69, 9.17) is 39.8 Å². The first-order valence-electron chi connectivity index (χ1n) is 11.8. The number of hydrogen-bond donors (Lipinski definition) is 0. The van der Waals surface area contributed by atoms with E-state index in [9.17, 15) is 4.79 Å². The van der Waals surface area contributed by atoms with Crippen molar-refractivity contribution >= 4 is 23.2 Å². The predicted molar refractivity (Wildman–Crippen MR) is 139 cm³/mol. The highest BCUT2D eigenvalue weighted by atomic mass is 35.5. The zero-order chi connectivity index (χ0) is 26.4. The van der Waals surface area contributed by atoms with E-state index in [1.165, 1.54) is 33.5 Å². The average molecular weight is 531 g/mol. The summed E-state index contributed by atoms with van der Waals surface area (Å²) in [5.74, 6) is 1.16. The third-order valence-electron chi connectivity index (χ3n) is 6.21. The van der Waals surface area contributed by atoms with Crippen LogP contribution in [0, 0.1) is 0 Å². The van der Waals surface area contributed by atoms with E-state index in [-0.39, 0.29) is 12.5 Å². The lowest BCUT2D eigenvalue weighted by Crippen LogP contribution is -2.36. The van der Waals surface area contributed by atoms with E-state index in [1.807, 2.05) is 30.3 Å². The van der Waals surface area contributed by atoms with Gasteiger partial charge in [-0.1, -0.05) is 23.7 Å². The van der Waals surface area contributed by atoms with Crippen LogP contribution in [0.3, 0.4) is 0 Å². The summed E-state index contributed by atoms with van der Waals surface area (Å²) in [6.45, 7) is 3.25. The third-order valence-corrected chi connectivity index (χ3v) is 6.58. The van der Waals surface area contributed by atoms with E-state index in [0.29, 0.717) is 35.5 Å². The average Bonchev–Trinajstić information content (AvgIpc) is 3.41. The minimum absolute atomic E-state index is 0.159. The Morgan fingerprint density at radius 2 is 1.68 bits per heavy atom. The topological polar surface area (TPSA) is 82.8 Å². The van der Waals surface area contributed by atoms with Crippen LogP contribution in [0.2, 0.25) is 5.02 Å². The number of nitrogens with zero attached hydrogens (tertiary/aromatic N) is 2. The van der Waals surface area contributed by atoms with Crippen molar-refractivity contribution in [3.63, 3.8) is 0 Å². The fourth-order valence-corrected chi connectivity index (χ4v) is 4.47. The van der Waals surface area contributed by atoms with Crippen LogP contribution in [0.5, 0.6) is 11.5 Å². The van der Waals surface area contributed by atoms with E-state index in [1.54, 1.807) is 18.4 Å². The second kappa shape index (κ2) is 12.3. The number of amides is 1. The standard InChI is InChI=1S/C27H31ClN2O7/c1-32-23-14-20(15-24(33-2)25(23)28)22-13-18(17-37-22)16-30(35-4)27(31)26(34-3)19-5-7-21(8-6-19)29-9-11-36-12-10-29/h5-8,13-15,17,26H,9-12,16H2,1-4H3. The van der Waals surface area contributed by atoms with Gasteiger partial charge in [0.15, 0.2) is 6.10 Å². The SMILES string of the molecule is COc1cc(-c2cc(CN(OC)C(=O)C(OC)c3ccc(N4CCOCC4)cc3)co2)cc(OC)c1Cl. The molecule has 0 N–H and O–H groups in total. The van der Waals surface area contributed by atoms with E-state index in [0.717, 1.165) is 35.5 Å². The molecule has 0 bridgehead atoms. The minimum Gasteiger partial charge on any atom is -0.495 e. The number of furan rings is 1. The summed E-state index contributed by atoms with van der Waals surface area (Å²) in [4.78, 5) is 21.0. The maximum Gasteiger partial charge on any atom is 0.280 e. The summed E-state index contributed by atoms with van der Waals surface area (Å²) >= 11 is 6.28. The molecule has 37 heavy (non-hydrogen) atoms. The minimum atomic E-state index is -0.824. The number of benzene rings is 2. The monoisotopic (exact) mass is 530 g/mol. The number of hydroxylamine groups is 2. The van der Waals surface area contributed by atoms with Gasteiger partial charge in [0.1, 0.15) is 22.3 Å². The van der Waals surface area contributed by atoms with Gasteiger partial charge in [-0.05, 0) is 35.9 Å². The lowest BCUT2D eigenvalue weighted by atomic mass is 10.1. The molecule has 2 aromatic carbocycles. The Morgan fingerprint density at radius 3 is 2.24 bits per heavy atom.